The van der Waals surface area contributed by atoms with Crippen LogP contribution in [0.25, 0.3) is 5.70 Å². The zero-order chi connectivity index (χ0) is 25.2. The number of aryl methyl sites for hydroxylation is 2. The van der Waals surface area contributed by atoms with Gasteiger partial charge in [-0.2, -0.15) is 13.2 Å². The highest BCUT2D eigenvalue weighted by Crippen LogP contribution is 2.34. The summed E-state index contributed by atoms with van der Waals surface area (Å²) in [5.74, 6) is -1.37. The van der Waals surface area contributed by atoms with Crippen molar-refractivity contribution in [3.8, 4) is 0 Å². The van der Waals surface area contributed by atoms with Gasteiger partial charge in [0.2, 0.25) is 0 Å². The van der Waals surface area contributed by atoms with Gasteiger partial charge in [-0.3, -0.25) is 4.79 Å². The van der Waals surface area contributed by atoms with E-state index in [2.05, 4.69) is 11.9 Å². The molecule has 2 heterocycles. The van der Waals surface area contributed by atoms with E-state index in [-0.39, 0.29) is 11.5 Å². The molecule has 0 bridgehead atoms. The lowest BCUT2D eigenvalue weighted by Crippen LogP contribution is -2.24. The van der Waals surface area contributed by atoms with Crippen molar-refractivity contribution < 1.29 is 32.6 Å². The predicted octanol–water partition coefficient (Wildman–Crippen LogP) is 5.72. The molecule has 35 heavy (non-hydrogen) atoms. The lowest BCUT2D eigenvalue weighted by molar-refractivity contribution is -0.137. The van der Waals surface area contributed by atoms with Gasteiger partial charge < -0.3 is 15.2 Å². The number of aromatic carboxylic acids is 1. The van der Waals surface area contributed by atoms with Crippen LogP contribution >= 0.6 is 11.3 Å². The second kappa shape index (κ2) is 10.1. The summed E-state index contributed by atoms with van der Waals surface area (Å²) in [6.07, 6.45) is -2.82. The third-order valence-corrected chi connectivity index (χ3v) is 7.05. The molecule has 1 aliphatic heterocycles. The Kier molecular flexibility index (Phi) is 7.09. The maximum absolute atomic E-state index is 13.3. The van der Waals surface area contributed by atoms with Crippen LogP contribution in [0.4, 0.5) is 13.2 Å². The van der Waals surface area contributed by atoms with Crippen LogP contribution in [-0.4, -0.2) is 23.6 Å². The first-order valence-corrected chi connectivity index (χ1v) is 11.7. The molecule has 1 amide bonds. The highest BCUT2D eigenvalue weighted by Gasteiger charge is 2.30. The molecule has 0 unspecified atom stereocenters. The number of carboxylic acids is 1. The van der Waals surface area contributed by atoms with Crippen LogP contribution in [0.5, 0.6) is 0 Å². The standard InChI is InChI=1S/C26H22F3NO4S/c1-15(17-5-7-18(8-6-17)25(32)33)30-24(31)23-20-12-13-34-14-22(20)35-21(23)11-4-16-2-9-19(10-3-16)26(27,28)29/h2-3,5-10H,1,4,11-14H2,(H,30,31)(H,32,33). The van der Waals surface area contributed by atoms with Crippen molar-refractivity contribution in [1.82, 2.24) is 5.32 Å². The first-order valence-electron chi connectivity index (χ1n) is 10.8. The van der Waals surface area contributed by atoms with E-state index in [9.17, 15) is 22.8 Å². The van der Waals surface area contributed by atoms with Crippen molar-refractivity contribution in [2.45, 2.75) is 32.0 Å². The van der Waals surface area contributed by atoms with Gasteiger partial charge in [-0.25, -0.2) is 4.79 Å². The van der Waals surface area contributed by atoms with E-state index in [0.29, 0.717) is 49.3 Å². The minimum absolute atomic E-state index is 0.130. The molecular weight excluding hydrogens is 479 g/mol. The fourth-order valence-electron chi connectivity index (χ4n) is 3.93. The number of fused-ring (bicyclic) bond motifs is 1. The Hall–Kier alpha value is -3.43. The summed E-state index contributed by atoms with van der Waals surface area (Å²) in [7, 11) is 0. The molecule has 0 saturated heterocycles. The molecule has 0 spiro atoms. The van der Waals surface area contributed by atoms with Crippen molar-refractivity contribution in [2.75, 3.05) is 6.61 Å². The zero-order valence-electron chi connectivity index (χ0n) is 18.6. The molecule has 9 heteroatoms. The highest BCUT2D eigenvalue weighted by molar-refractivity contribution is 7.12. The Balaban J connectivity index is 1.52. The third kappa shape index (κ3) is 5.63. The SMILES string of the molecule is C=C(NC(=O)c1c(CCc2ccc(C(F)(F)F)cc2)sc2c1CCOC2)c1ccc(C(=O)O)cc1. The number of ether oxygens (including phenoxy) is 1. The van der Waals surface area contributed by atoms with Crippen molar-refractivity contribution in [1.29, 1.82) is 0 Å². The van der Waals surface area contributed by atoms with Gasteiger partial charge >= 0.3 is 12.1 Å². The van der Waals surface area contributed by atoms with Crippen LogP contribution in [0.3, 0.4) is 0 Å². The smallest absolute Gasteiger partial charge is 0.416 e. The topological polar surface area (TPSA) is 75.6 Å². The fraction of sp³-hybridized carbons (Fsp3) is 0.231. The minimum Gasteiger partial charge on any atom is -0.478 e. The molecule has 1 aromatic heterocycles. The van der Waals surface area contributed by atoms with Gasteiger partial charge in [0.25, 0.3) is 5.91 Å². The molecule has 182 valence electrons. The van der Waals surface area contributed by atoms with Gasteiger partial charge in [0, 0.05) is 15.5 Å². The van der Waals surface area contributed by atoms with Crippen LogP contribution < -0.4 is 5.32 Å². The maximum atomic E-state index is 13.3. The lowest BCUT2D eigenvalue weighted by atomic mass is 9.99. The maximum Gasteiger partial charge on any atom is 0.416 e. The average molecular weight is 502 g/mol. The number of rotatable bonds is 7. The van der Waals surface area contributed by atoms with Crippen LogP contribution in [0.15, 0.2) is 55.1 Å². The number of nitrogens with one attached hydrogen (secondary N) is 1. The predicted molar refractivity (Wildman–Crippen MR) is 126 cm³/mol. The largest absolute Gasteiger partial charge is 0.478 e. The zero-order valence-corrected chi connectivity index (χ0v) is 19.4. The molecule has 0 radical (unpaired) electrons. The van der Waals surface area contributed by atoms with Crippen molar-refractivity contribution >= 4 is 28.9 Å². The Morgan fingerprint density at radius 1 is 1.03 bits per heavy atom. The number of carbonyl (C=O) groups is 2. The van der Waals surface area contributed by atoms with E-state index in [1.54, 1.807) is 12.1 Å². The second-order valence-electron chi connectivity index (χ2n) is 8.11. The van der Waals surface area contributed by atoms with Gasteiger partial charge in [-0.1, -0.05) is 30.8 Å². The van der Waals surface area contributed by atoms with Gasteiger partial charge in [0.1, 0.15) is 0 Å². The fourth-order valence-corrected chi connectivity index (χ4v) is 5.22. The molecule has 5 nitrogen and oxygen atoms in total. The number of halogens is 3. The molecule has 2 aromatic carbocycles. The Bertz CT molecular complexity index is 1260. The summed E-state index contributed by atoms with van der Waals surface area (Å²) in [5, 5.41) is 11.9. The Morgan fingerprint density at radius 2 is 1.69 bits per heavy atom. The van der Waals surface area contributed by atoms with Gasteiger partial charge in [-0.15, -0.1) is 11.3 Å². The van der Waals surface area contributed by atoms with E-state index in [0.717, 1.165) is 33.0 Å². The summed E-state index contributed by atoms with van der Waals surface area (Å²) in [5.41, 5.74) is 2.59. The van der Waals surface area contributed by atoms with Gasteiger partial charge in [0.05, 0.1) is 29.9 Å². The van der Waals surface area contributed by atoms with Crippen molar-refractivity contribution in [2.24, 2.45) is 0 Å². The number of benzene rings is 2. The molecule has 0 saturated carbocycles. The molecular formula is C26H22F3NO4S. The molecule has 2 N–H and O–H groups in total. The first-order chi connectivity index (χ1) is 16.6. The molecule has 0 fully saturated rings. The normalized spacial score (nSPS) is 13.2. The van der Waals surface area contributed by atoms with Crippen molar-refractivity contribution in [3.05, 3.63) is 98.2 Å². The van der Waals surface area contributed by atoms with Gasteiger partial charge in [-0.05, 0) is 60.2 Å². The van der Waals surface area contributed by atoms with Crippen LogP contribution in [0.1, 0.15) is 52.7 Å². The number of alkyl halides is 3. The Labute approximate surface area is 203 Å². The van der Waals surface area contributed by atoms with E-state index < -0.39 is 17.7 Å². The Morgan fingerprint density at radius 3 is 2.31 bits per heavy atom. The van der Waals surface area contributed by atoms with Crippen LogP contribution in [0.2, 0.25) is 0 Å². The number of thiophene rings is 1. The number of carbonyl (C=O) groups excluding carboxylic acids is 1. The summed E-state index contributed by atoms with van der Waals surface area (Å²) >= 11 is 1.48. The van der Waals surface area contributed by atoms with E-state index in [1.165, 1.54) is 35.6 Å². The van der Waals surface area contributed by atoms with Crippen molar-refractivity contribution in [3.63, 3.8) is 0 Å². The summed E-state index contributed by atoms with van der Waals surface area (Å²) in [6, 6.07) is 11.1. The van der Waals surface area contributed by atoms with Gasteiger partial charge in [0.15, 0.2) is 0 Å². The van der Waals surface area contributed by atoms with E-state index in [4.69, 9.17) is 9.84 Å². The molecule has 1 aliphatic rings. The molecule has 4 rings (SSSR count). The third-order valence-electron chi connectivity index (χ3n) is 5.79. The number of hydrogen-bond donors (Lipinski definition) is 2. The summed E-state index contributed by atoms with van der Waals surface area (Å²) in [4.78, 5) is 26.2. The molecule has 0 aliphatic carbocycles. The quantitative estimate of drug-likeness (QED) is 0.434. The molecule has 0 atom stereocenters. The lowest BCUT2D eigenvalue weighted by Gasteiger charge is -2.15. The van der Waals surface area contributed by atoms with Crippen LogP contribution in [0, 0.1) is 0 Å². The summed E-state index contributed by atoms with van der Waals surface area (Å²) < 4.78 is 44.1. The monoisotopic (exact) mass is 501 g/mol. The second-order valence-corrected chi connectivity index (χ2v) is 9.30. The number of hydrogen-bond acceptors (Lipinski definition) is 4. The molecule has 3 aromatic rings. The first kappa shape index (κ1) is 24.7. The highest BCUT2D eigenvalue weighted by atomic mass is 32.1. The van der Waals surface area contributed by atoms with Crippen LogP contribution in [-0.2, 0) is 36.8 Å². The number of carboxylic acid groups (broad SMARTS) is 1. The average Bonchev–Trinajstić information content (AvgIpc) is 3.21. The van der Waals surface area contributed by atoms with E-state index in [1.807, 2.05) is 0 Å². The summed E-state index contributed by atoms with van der Waals surface area (Å²) in [6.45, 7) is 4.83. The minimum atomic E-state index is -4.38. The van der Waals surface area contributed by atoms with E-state index >= 15 is 0 Å². The number of amides is 1.